The van der Waals surface area contributed by atoms with Gasteiger partial charge in [-0.1, -0.05) is 11.6 Å². The van der Waals surface area contributed by atoms with E-state index in [2.05, 4.69) is 5.32 Å². The maximum Gasteiger partial charge on any atom is 0.269 e. The van der Waals surface area contributed by atoms with Gasteiger partial charge in [-0.15, -0.1) is 0 Å². The normalized spacial score (nSPS) is 10.5. The summed E-state index contributed by atoms with van der Waals surface area (Å²) >= 11 is 5.86. The Morgan fingerprint density at radius 1 is 1.14 bits per heavy atom. The fourth-order valence-corrected chi connectivity index (χ4v) is 1.89. The van der Waals surface area contributed by atoms with Crippen LogP contribution in [-0.4, -0.2) is 4.92 Å². The molecule has 0 bridgehead atoms. The van der Waals surface area contributed by atoms with Crippen molar-refractivity contribution < 1.29 is 18.1 Å². The smallest absolute Gasteiger partial charge is 0.269 e. The Labute approximate surface area is 122 Å². The molecular formula is C13H8ClF3N2O2. The number of halogens is 4. The van der Waals surface area contributed by atoms with E-state index in [-0.39, 0.29) is 22.8 Å². The van der Waals surface area contributed by atoms with Crippen molar-refractivity contribution in [3.63, 3.8) is 0 Å². The number of benzene rings is 2. The van der Waals surface area contributed by atoms with Gasteiger partial charge >= 0.3 is 0 Å². The van der Waals surface area contributed by atoms with Crippen LogP contribution in [0.2, 0.25) is 5.02 Å². The molecule has 0 radical (unpaired) electrons. The molecule has 2 rings (SSSR count). The lowest BCUT2D eigenvalue weighted by Crippen LogP contribution is -2.05. The molecule has 2 aromatic rings. The van der Waals surface area contributed by atoms with Crippen LogP contribution in [-0.2, 0) is 6.54 Å². The summed E-state index contributed by atoms with van der Waals surface area (Å²) in [6, 6.07) is 4.77. The summed E-state index contributed by atoms with van der Waals surface area (Å²) in [4.78, 5) is 10.1. The monoisotopic (exact) mass is 316 g/mol. The number of nitrogens with zero attached hydrogens (tertiary/aromatic N) is 1. The van der Waals surface area contributed by atoms with Gasteiger partial charge in [0.05, 0.1) is 4.92 Å². The number of anilines is 1. The van der Waals surface area contributed by atoms with Crippen LogP contribution in [0.5, 0.6) is 0 Å². The summed E-state index contributed by atoms with van der Waals surface area (Å²) in [6.45, 7) is -0.153. The quantitative estimate of drug-likeness (QED) is 0.676. The lowest BCUT2D eigenvalue weighted by atomic mass is 10.2. The lowest BCUT2D eigenvalue weighted by Gasteiger charge is -2.10. The summed E-state index contributed by atoms with van der Waals surface area (Å²) in [5.74, 6) is -3.24. The van der Waals surface area contributed by atoms with E-state index >= 15 is 0 Å². The standard InChI is InChI=1S/C13H8ClF3N2O2/c14-10-2-1-9(19(20)21)3-7(10)6-18-13-11(16)4-8(15)5-12(13)17/h1-5,18H,6H2. The summed E-state index contributed by atoms with van der Waals surface area (Å²) < 4.78 is 39.7. The van der Waals surface area contributed by atoms with Crippen molar-refractivity contribution in [3.05, 3.63) is 68.5 Å². The van der Waals surface area contributed by atoms with Crippen LogP contribution < -0.4 is 5.32 Å². The van der Waals surface area contributed by atoms with E-state index in [0.29, 0.717) is 12.1 Å². The molecule has 2 aromatic carbocycles. The molecule has 0 spiro atoms. The highest BCUT2D eigenvalue weighted by molar-refractivity contribution is 6.31. The van der Waals surface area contributed by atoms with Crippen molar-refractivity contribution in [1.29, 1.82) is 0 Å². The zero-order valence-electron chi connectivity index (χ0n) is 10.4. The van der Waals surface area contributed by atoms with Crippen LogP contribution in [0.3, 0.4) is 0 Å². The van der Waals surface area contributed by atoms with Gasteiger partial charge in [0.25, 0.3) is 5.69 Å². The van der Waals surface area contributed by atoms with Crippen molar-refractivity contribution in [2.24, 2.45) is 0 Å². The van der Waals surface area contributed by atoms with Gasteiger partial charge in [-0.05, 0) is 11.6 Å². The Hall–Kier alpha value is -2.28. The van der Waals surface area contributed by atoms with Crippen LogP contribution in [0.1, 0.15) is 5.56 Å². The second-order valence-corrected chi connectivity index (χ2v) is 4.54. The highest BCUT2D eigenvalue weighted by Gasteiger charge is 2.13. The van der Waals surface area contributed by atoms with Gasteiger partial charge < -0.3 is 5.32 Å². The maximum absolute atomic E-state index is 13.4. The Bertz CT molecular complexity index is 687. The Kier molecular flexibility index (Phi) is 4.32. The molecule has 110 valence electrons. The SMILES string of the molecule is O=[N+]([O-])c1ccc(Cl)c(CNc2c(F)cc(F)cc2F)c1. The second kappa shape index (κ2) is 6.01. The first-order valence-corrected chi connectivity index (χ1v) is 6.07. The molecule has 0 heterocycles. The number of rotatable bonds is 4. The number of nitro benzene ring substituents is 1. The first-order valence-electron chi connectivity index (χ1n) is 5.69. The molecule has 0 aliphatic rings. The zero-order valence-corrected chi connectivity index (χ0v) is 11.1. The van der Waals surface area contributed by atoms with Gasteiger partial charge in [0, 0.05) is 35.8 Å². The van der Waals surface area contributed by atoms with Gasteiger partial charge in [-0.2, -0.15) is 0 Å². The third-order valence-corrected chi connectivity index (χ3v) is 3.07. The molecule has 0 amide bonds. The van der Waals surface area contributed by atoms with Gasteiger partial charge in [-0.3, -0.25) is 10.1 Å². The number of hydrogen-bond donors (Lipinski definition) is 1. The molecule has 0 aromatic heterocycles. The number of nitrogens with one attached hydrogen (secondary N) is 1. The van der Waals surface area contributed by atoms with E-state index in [4.69, 9.17) is 11.6 Å². The average Bonchev–Trinajstić information content (AvgIpc) is 2.39. The van der Waals surface area contributed by atoms with Crippen LogP contribution in [0.25, 0.3) is 0 Å². The van der Waals surface area contributed by atoms with E-state index < -0.39 is 28.1 Å². The zero-order chi connectivity index (χ0) is 15.6. The molecule has 4 nitrogen and oxygen atoms in total. The van der Waals surface area contributed by atoms with Crippen molar-refractivity contribution >= 4 is 23.0 Å². The minimum Gasteiger partial charge on any atom is -0.376 e. The lowest BCUT2D eigenvalue weighted by molar-refractivity contribution is -0.384. The molecule has 0 fully saturated rings. The van der Waals surface area contributed by atoms with E-state index in [1.54, 1.807) is 0 Å². The highest BCUT2D eigenvalue weighted by Crippen LogP contribution is 2.25. The van der Waals surface area contributed by atoms with Gasteiger partial charge in [0.2, 0.25) is 0 Å². The third-order valence-electron chi connectivity index (χ3n) is 2.70. The summed E-state index contributed by atoms with van der Waals surface area (Å²) in [6.07, 6.45) is 0. The van der Waals surface area contributed by atoms with Crippen molar-refractivity contribution in [3.8, 4) is 0 Å². The van der Waals surface area contributed by atoms with E-state index in [9.17, 15) is 23.3 Å². The fraction of sp³-hybridized carbons (Fsp3) is 0.0769. The second-order valence-electron chi connectivity index (χ2n) is 4.13. The van der Waals surface area contributed by atoms with Gasteiger partial charge in [0.15, 0.2) is 11.6 Å². The van der Waals surface area contributed by atoms with Crippen molar-refractivity contribution in [2.45, 2.75) is 6.54 Å². The van der Waals surface area contributed by atoms with Crippen LogP contribution >= 0.6 is 11.6 Å². The first-order chi connectivity index (χ1) is 9.88. The van der Waals surface area contributed by atoms with Crippen molar-refractivity contribution in [2.75, 3.05) is 5.32 Å². The molecule has 0 atom stereocenters. The Morgan fingerprint density at radius 2 is 1.76 bits per heavy atom. The molecule has 0 unspecified atom stereocenters. The number of nitro groups is 1. The molecule has 1 N–H and O–H groups in total. The molecule has 0 aliphatic heterocycles. The predicted octanol–water partition coefficient (Wildman–Crippen LogP) is 4.28. The average molecular weight is 317 g/mol. The fourth-order valence-electron chi connectivity index (χ4n) is 1.70. The van der Waals surface area contributed by atoms with E-state index in [1.165, 1.54) is 18.2 Å². The highest BCUT2D eigenvalue weighted by atomic mass is 35.5. The van der Waals surface area contributed by atoms with E-state index in [1.807, 2.05) is 0 Å². The largest absolute Gasteiger partial charge is 0.376 e. The molecule has 0 saturated heterocycles. The molecule has 0 aliphatic carbocycles. The summed E-state index contributed by atoms with van der Waals surface area (Å²) in [5, 5.41) is 13.3. The summed E-state index contributed by atoms with van der Waals surface area (Å²) in [5.41, 5.74) is -0.441. The Balaban J connectivity index is 2.24. The van der Waals surface area contributed by atoms with Crippen molar-refractivity contribution in [1.82, 2.24) is 0 Å². The molecule has 21 heavy (non-hydrogen) atoms. The molecule has 0 saturated carbocycles. The molecule has 8 heteroatoms. The van der Waals surface area contributed by atoms with Crippen LogP contribution in [0, 0.1) is 27.6 Å². The maximum atomic E-state index is 13.4. The van der Waals surface area contributed by atoms with E-state index in [0.717, 1.165) is 0 Å². The number of hydrogen-bond acceptors (Lipinski definition) is 3. The number of non-ortho nitro benzene ring substituents is 1. The third kappa shape index (κ3) is 3.43. The topological polar surface area (TPSA) is 55.2 Å². The van der Waals surface area contributed by atoms with Crippen LogP contribution in [0.15, 0.2) is 30.3 Å². The predicted molar refractivity (Wildman–Crippen MR) is 71.7 cm³/mol. The van der Waals surface area contributed by atoms with Gasteiger partial charge in [0.1, 0.15) is 11.5 Å². The molecular weight excluding hydrogens is 309 g/mol. The van der Waals surface area contributed by atoms with Crippen LogP contribution in [0.4, 0.5) is 24.5 Å². The van der Waals surface area contributed by atoms with Gasteiger partial charge in [-0.25, -0.2) is 13.2 Å². The summed E-state index contributed by atoms with van der Waals surface area (Å²) in [7, 11) is 0. The Morgan fingerprint density at radius 3 is 2.33 bits per heavy atom. The minimum absolute atomic E-state index is 0.153. The first kappa shape index (κ1) is 15.1. The minimum atomic E-state index is -1.10.